The van der Waals surface area contributed by atoms with Gasteiger partial charge >= 0.3 is 0 Å². The van der Waals surface area contributed by atoms with E-state index in [4.69, 9.17) is 0 Å². The number of amides is 2. The highest BCUT2D eigenvalue weighted by atomic mass is 16.2. The van der Waals surface area contributed by atoms with Gasteiger partial charge in [0.1, 0.15) is 5.69 Å². The quantitative estimate of drug-likeness (QED) is 0.494. The lowest BCUT2D eigenvalue weighted by Gasteiger charge is -2.36. The molecule has 0 aliphatic carbocycles. The van der Waals surface area contributed by atoms with Gasteiger partial charge in [0.15, 0.2) is 5.65 Å². The van der Waals surface area contributed by atoms with Gasteiger partial charge in [-0.15, -0.1) is 0 Å². The van der Waals surface area contributed by atoms with Crippen molar-refractivity contribution in [1.82, 2.24) is 24.5 Å². The van der Waals surface area contributed by atoms with Crippen LogP contribution in [0.3, 0.4) is 0 Å². The van der Waals surface area contributed by atoms with E-state index < -0.39 is 0 Å². The average Bonchev–Trinajstić information content (AvgIpc) is 2.88. The molecule has 2 N–H and O–H groups in total. The summed E-state index contributed by atoms with van der Waals surface area (Å²) in [4.78, 5) is 48.7. The molecular weight excluding hydrogens is 446 g/mol. The molecule has 184 valence electrons. The zero-order valence-corrected chi connectivity index (χ0v) is 20.1. The Morgan fingerprint density at radius 2 is 1.77 bits per heavy atom. The molecule has 0 spiro atoms. The molecule has 4 rings (SSSR count). The standard InChI is InChI=1S/C25H31N7O3/c1-29(2)12-10-26-22(33)18-27-21-17-28-23-20(9-6-11-32(23)25(21)35)24(34)31-15-13-30(14-16-31)19-7-4-3-5-8-19/h3-9,11,17,27H,10,12-16,18H2,1-2H3,(H,26,33). The maximum absolute atomic E-state index is 13.3. The average molecular weight is 478 g/mol. The highest BCUT2D eigenvalue weighted by molar-refractivity contribution is 6.00. The van der Waals surface area contributed by atoms with Crippen molar-refractivity contribution < 1.29 is 9.59 Å². The molecule has 1 saturated heterocycles. The summed E-state index contributed by atoms with van der Waals surface area (Å²) in [5.74, 6) is -0.362. The number of carbonyl (C=O) groups excluding carboxylic acids is 2. The Balaban J connectivity index is 1.43. The fourth-order valence-corrected chi connectivity index (χ4v) is 4.03. The van der Waals surface area contributed by atoms with Gasteiger partial charge in [-0.2, -0.15) is 0 Å². The number of nitrogens with zero attached hydrogens (tertiary/aromatic N) is 5. The molecule has 0 bridgehead atoms. The van der Waals surface area contributed by atoms with E-state index in [1.54, 1.807) is 23.2 Å². The molecule has 0 atom stereocenters. The number of hydrogen-bond acceptors (Lipinski definition) is 7. The van der Waals surface area contributed by atoms with Crippen LogP contribution in [-0.2, 0) is 4.79 Å². The van der Waals surface area contributed by atoms with Gasteiger partial charge in [0.05, 0.1) is 18.3 Å². The van der Waals surface area contributed by atoms with E-state index in [-0.39, 0.29) is 29.6 Å². The molecule has 3 aromatic rings. The van der Waals surface area contributed by atoms with Crippen molar-refractivity contribution in [2.24, 2.45) is 0 Å². The zero-order chi connectivity index (χ0) is 24.8. The summed E-state index contributed by atoms with van der Waals surface area (Å²) in [6.45, 7) is 3.85. The first kappa shape index (κ1) is 24.2. The topological polar surface area (TPSA) is 102 Å². The van der Waals surface area contributed by atoms with Gasteiger partial charge in [-0.25, -0.2) is 4.98 Å². The number of fused-ring (bicyclic) bond motifs is 1. The van der Waals surface area contributed by atoms with Crippen molar-refractivity contribution in [1.29, 1.82) is 0 Å². The van der Waals surface area contributed by atoms with Crippen LogP contribution < -0.4 is 21.1 Å². The van der Waals surface area contributed by atoms with Crippen molar-refractivity contribution in [3.05, 3.63) is 70.8 Å². The molecule has 10 nitrogen and oxygen atoms in total. The zero-order valence-electron chi connectivity index (χ0n) is 20.1. The molecule has 0 unspecified atom stereocenters. The number of carbonyl (C=O) groups is 2. The predicted molar refractivity (Wildman–Crippen MR) is 136 cm³/mol. The third-order valence-corrected chi connectivity index (χ3v) is 5.97. The number of aromatic nitrogens is 2. The minimum atomic E-state index is -0.361. The van der Waals surface area contributed by atoms with Crippen LogP contribution in [0.25, 0.3) is 5.65 Å². The van der Waals surface area contributed by atoms with Crippen molar-refractivity contribution in [3.63, 3.8) is 0 Å². The minimum Gasteiger partial charge on any atom is -0.370 e. The van der Waals surface area contributed by atoms with Crippen molar-refractivity contribution in [2.45, 2.75) is 0 Å². The second-order valence-corrected chi connectivity index (χ2v) is 8.71. The number of likely N-dealkylation sites (N-methyl/N-ethyl adjacent to an activating group) is 1. The van der Waals surface area contributed by atoms with E-state index in [2.05, 4.69) is 32.7 Å². The van der Waals surface area contributed by atoms with Crippen molar-refractivity contribution in [2.75, 3.05) is 70.1 Å². The Morgan fingerprint density at radius 1 is 1.03 bits per heavy atom. The van der Waals surface area contributed by atoms with Crippen LogP contribution >= 0.6 is 0 Å². The molecule has 1 aromatic carbocycles. The second-order valence-electron chi connectivity index (χ2n) is 8.71. The molecule has 10 heteroatoms. The molecule has 35 heavy (non-hydrogen) atoms. The highest BCUT2D eigenvalue weighted by Crippen LogP contribution is 2.18. The largest absolute Gasteiger partial charge is 0.370 e. The number of hydrogen-bond donors (Lipinski definition) is 2. The van der Waals surface area contributed by atoms with Crippen LogP contribution in [0.15, 0.2) is 59.7 Å². The van der Waals surface area contributed by atoms with E-state index in [1.807, 2.05) is 37.2 Å². The summed E-state index contributed by atoms with van der Waals surface area (Å²) in [5, 5.41) is 5.64. The lowest BCUT2D eigenvalue weighted by molar-refractivity contribution is -0.119. The Bertz CT molecular complexity index is 1230. The molecule has 0 saturated carbocycles. The summed E-state index contributed by atoms with van der Waals surface area (Å²) in [5.41, 5.74) is 1.66. The number of benzene rings is 1. The third-order valence-electron chi connectivity index (χ3n) is 5.97. The third kappa shape index (κ3) is 5.78. The van der Waals surface area contributed by atoms with E-state index in [1.165, 1.54) is 10.6 Å². The number of rotatable bonds is 8. The van der Waals surface area contributed by atoms with E-state index in [9.17, 15) is 14.4 Å². The maximum Gasteiger partial charge on any atom is 0.281 e. The number of anilines is 2. The first-order valence-electron chi connectivity index (χ1n) is 11.7. The first-order valence-corrected chi connectivity index (χ1v) is 11.7. The maximum atomic E-state index is 13.3. The summed E-state index contributed by atoms with van der Waals surface area (Å²) < 4.78 is 1.35. The van der Waals surface area contributed by atoms with Gasteiger partial charge in [-0.05, 0) is 38.4 Å². The molecule has 2 amide bonds. The number of piperazine rings is 1. The van der Waals surface area contributed by atoms with E-state index >= 15 is 0 Å². The molecule has 1 aliphatic rings. The van der Waals surface area contributed by atoms with Gasteiger partial charge < -0.3 is 25.3 Å². The van der Waals surface area contributed by atoms with Gasteiger partial charge in [0.2, 0.25) is 5.91 Å². The van der Waals surface area contributed by atoms with Crippen LogP contribution in [-0.4, -0.2) is 90.9 Å². The fourth-order valence-electron chi connectivity index (χ4n) is 4.03. The number of pyridine rings is 1. The second kappa shape index (κ2) is 11.0. The highest BCUT2D eigenvalue weighted by Gasteiger charge is 2.24. The van der Waals surface area contributed by atoms with Crippen LogP contribution in [0.1, 0.15) is 10.4 Å². The SMILES string of the molecule is CN(C)CCNC(=O)CNc1cnc2c(C(=O)N3CCN(c4ccccc4)CC3)cccn2c1=O. The van der Waals surface area contributed by atoms with Crippen LogP contribution in [0, 0.1) is 0 Å². The number of para-hydroxylation sites is 1. The smallest absolute Gasteiger partial charge is 0.281 e. The summed E-state index contributed by atoms with van der Waals surface area (Å²) in [6.07, 6.45) is 2.96. The summed E-state index contributed by atoms with van der Waals surface area (Å²) in [7, 11) is 3.85. The van der Waals surface area contributed by atoms with Crippen LogP contribution in [0.5, 0.6) is 0 Å². The normalized spacial score (nSPS) is 13.8. The Labute approximate surface area is 204 Å². The Hall–Kier alpha value is -3.92. The fraction of sp³-hybridized carbons (Fsp3) is 0.360. The van der Waals surface area contributed by atoms with Gasteiger partial charge in [-0.3, -0.25) is 18.8 Å². The molecule has 1 fully saturated rings. The van der Waals surface area contributed by atoms with Gasteiger partial charge in [-0.1, -0.05) is 18.2 Å². The molecule has 1 aliphatic heterocycles. The van der Waals surface area contributed by atoms with Crippen LogP contribution in [0.4, 0.5) is 11.4 Å². The monoisotopic (exact) mass is 477 g/mol. The lowest BCUT2D eigenvalue weighted by atomic mass is 10.2. The van der Waals surface area contributed by atoms with Crippen molar-refractivity contribution >= 4 is 28.8 Å². The molecular formula is C25H31N7O3. The van der Waals surface area contributed by atoms with E-state index in [0.29, 0.717) is 30.8 Å². The summed E-state index contributed by atoms with van der Waals surface area (Å²) in [6, 6.07) is 13.5. The molecule has 0 radical (unpaired) electrons. The van der Waals surface area contributed by atoms with Crippen molar-refractivity contribution in [3.8, 4) is 0 Å². The molecule has 3 heterocycles. The van der Waals surface area contributed by atoms with Gasteiger partial charge in [0, 0.05) is 51.2 Å². The van der Waals surface area contributed by atoms with E-state index in [0.717, 1.165) is 25.3 Å². The van der Waals surface area contributed by atoms with Crippen LogP contribution in [0.2, 0.25) is 0 Å². The number of nitrogens with one attached hydrogen (secondary N) is 2. The molecule has 2 aromatic heterocycles. The summed E-state index contributed by atoms with van der Waals surface area (Å²) >= 11 is 0. The predicted octanol–water partition coefficient (Wildman–Crippen LogP) is 0.747. The first-order chi connectivity index (χ1) is 16.9. The Kier molecular flexibility index (Phi) is 7.61. The Morgan fingerprint density at radius 3 is 2.49 bits per heavy atom. The minimum absolute atomic E-state index is 0.0409. The lowest BCUT2D eigenvalue weighted by Crippen LogP contribution is -2.49. The van der Waals surface area contributed by atoms with Gasteiger partial charge in [0.25, 0.3) is 11.5 Å².